The van der Waals surface area contributed by atoms with Crippen LogP contribution in [0.3, 0.4) is 0 Å². The predicted octanol–water partition coefficient (Wildman–Crippen LogP) is 3.54. The number of para-hydroxylation sites is 1. The number of hydrogen-bond acceptors (Lipinski definition) is 4. The van der Waals surface area contributed by atoms with Crippen LogP contribution in [0.5, 0.6) is 0 Å². The lowest BCUT2D eigenvalue weighted by atomic mass is 9.93. The van der Waals surface area contributed by atoms with E-state index in [9.17, 15) is 9.18 Å². The van der Waals surface area contributed by atoms with Gasteiger partial charge < -0.3 is 14.8 Å². The smallest absolute Gasteiger partial charge is 0.224 e. The molecule has 140 valence electrons. The van der Waals surface area contributed by atoms with Crippen LogP contribution in [-0.2, 0) is 17.9 Å². The van der Waals surface area contributed by atoms with Crippen LogP contribution in [-0.4, -0.2) is 29.0 Å². The molecule has 1 amide bonds. The maximum atomic E-state index is 13.6. The Hall–Kier alpha value is -2.18. The van der Waals surface area contributed by atoms with Crippen LogP contribution >= 0.6 is 0 Å². The van der Waals surface area contributed by atoms with Gasteiger partial charge in [-0.3, -0.25) is 9.69 Å². The second kappa shape index (κ2) is 8.96. The van der Waals surface area contributed by atoms with Crippen LogP contribution in [0.15, 0.2) is 40.8 Å². The van der Waals surface area contributed by atoms with Gasteiger partial charge in [-0.05, 0) is 56.0 Å². The molecule has 0 unspecified atom stereocenters. The van der Waals surface area contributed by atoms with Crippen LogP contribution in [0.25, 0.3) is 0 Å². The summed E-state index contributed by atoms with van der Waals surface area (Å²) in [6.07, 6.45) is 3.37. The van der Waals surface area contributed by atoms with Gasteiger partial charge in [0, 0.05) is 13.0 Å². The van der Waals surface area contributed by atoms with Crippen molar-refractivity contribution in [2.75, 3.05) is 18.4 Å². The van der Waals surface area contributed by atoms with Gasteiger partial charge >= 0.3 is 0 Å². The van der Waals surface area contributed by atoms with Crippen LogP contribution in [0.4, 0.5) is 10.1 Å². The van der Waals surface area contributed by atoms with E-state index in [-0.39, 0.29) is 18.2 Å². The summed E-state index contributed by atoms with van der Waals surface area (Å²) in [6, 6.07) is 9.91. The van der Waals surface area contributed by atoms with Crippen molar-refractivity contribution in [3.63, 3.8) is 0 Å². The van der Waals surface area contributed by atoms with Crippen molar-refractivity contribution in [1.29, 1.82) is 0 Å². The molecule has 3 rings (SSSR count). The standard InChI is InChI=1S/C20H25FN2O3/c21-18-5-1-2-6-19(18)22-20(25)10-7-15-4-3-11-23(12-15)13-16-8-9-17(14-24)26-16/h1-2,5-6,8-9,15,24H,3-4,7,10-14H2,(H,22,25)/t15-/m1/s1. The van der Waals surface area contributed by atoms with Crippen molar-refractivity contribution < 1.29 is 18.7 Å². The molecule has 1 aromatic heterocycles. The number of anilines is 1. The third-order valence-electron chi connectivity index (χ3n) is 4.78. The number of likely N-dealkylation sites (tertiary alicyclic amines) is 1. The minimum absolute atomic E-state index is 0.0836. The fourth-order valence-corrected chi connectivity index (χ4v) is 3.45. The third-order valence-corrected chi connectivity index (χ3v) is 4.78. The number of carbonyl (C=O) groups is 1. The number of carbonyl (C=O) groups excluding carboxylic acids is 1. The summed E-state index contributed by atoms with van der Waals surface area (Å²) in [5.41, 5.74) is 0.236. The highest BCUT2D eigenvalue weighted by Gasteiger charge is 2.21. The van der Waals surface area contributed by atoms with E-state index < -0.39 is 5.82 Å². The number of amides is 1. The molecule has 1 aromatic carbocycles. The van der Waals surface area contributed by atoms with Gasteiger partial charge in [0.25, 0.3) is 0 Å². The number of halogens is 1. The SMILES string of the molecule is O=C(CC[C@H]1CCCN(Cc2ccc(CO)o2)C1)Nc1ccccc1F. The minimum atomic E-state index is -0.412. The molecule has 0 bridgehead atoms. The van der Waals surface area contributed by atoms with E-state index in [2.05, 4.69) is 10.2 Å². The normalized spacial score (nSPS) is 18.0. The highest BCUT2D eigenvalue weighted by molar-refractivity contribution is 5.90. The number of furan rings is 1. The summed E-state index contributed by atoms with van der Waals surface area (Å²) in [4.78, 5) is 14.4. The highest BCUT2D eigenvalue weighted by atomic mass is 19.1. The summed E-state index contributed by atoms with van der Waals surface area (Å²) in [7, 11) is 0. The maximum Gasteiger partial charge on any atom is 0.224 e. The van der Waals surface area contributed by atoms with Gasteiger partial charge in [0.15, 0.2) is 0 Å². The second-order valence-electron chi connectivity index (χ2n) is 6.84. The molecule has 6 heteroatoms. The molecule has 1 aliphatic heterocycles. The molecule has 0 aliphatic carbocycles. The maximum absolute atomic E-state index is 13.6. The Bertz CT molecular complexity index is 731. The molecule has 0 saturated carbocycles. The third kappa shape index (κ3) is 5.16. The molecule has 0 radical (unpaired) electrons. The van der Waals surface area contributed by atoms with Gasteiger partial charge in [0.2, 0.25) is 5.91 Å². The topological polar surface area (TPSA) is 65.7 Å². The van der Waals surface area contributed by atoms with E-state index in [1.807, 2.05) is 6.07 Å². The molecule has 2 aromatic rings. The first-order chi connectivity index (χ1) is 12.6. The van der Waals surface area contributed by atoms with Crippen molar-refractivity contribution in [2.24, 2.45) is 5.92 Å². The number of piperidine rings is 1. The summed E-state index contributed by atoms with van der Waals surface area (Å²) in [6.45, 7) is 2.56. The Kier molecular flexibility index (Phi) is 6.41. The van der Waals surface area contributed by atoms with Gasteiger partial charge in [0.05, 0.1) is 12.2 Å². The van der Waals surface area contributed by atoms with E-state index in [4.69, 9.17) is 9.52 Å². The molecule has 2 heterocycles. The van der Waals surface area contributed by atoms with E-state index in [0.29, 0.717) is 18.1 Å². The van der Waals surface area contributed by atoms with Gasteiger partial charge in [-0.25, -0.2) is 4.39 Å². The zero-order chi connectivity index (χ0) is 18.4. The molecule has 1 aliphatic rings. The van der Waals surface area contributed by atoms with Crippen molar-refractivity contribution in [2.45, 2.75) is 38.8 Å². The predicted molar refractivity (Wildman–Crippen MR) is 96.9 cm³/mol. The van der Waals surface area contributed by atoms with Gasteiger partial charge in [0.1, 0.15) is 23.9 Å². The average Bonchev–Trinajstić information content (AvgIpc) is 3.10. The lowest BCUT2D eigenvalue weighted by molar-refractivity contribution is -0.116. The second-order valence-corrected chi connectivity index (χ2v) is 6.84. The molecule has 1 saturated heterocycles. The average molecular weight is 360 g/mol. The monoisotopic (exact) mass is 360 g/mol. The zero-order valence-corrected chi connectivity index (χ0v) is 14.8. The highest BCUT2D eigenvalue weighted by Crippen LogP contribution is 2.23. The molecule has 0 spiro atoms. The van der Waals surface area contributed by atoms with Gasteiger partial charge in [-0.2, -0.15) is 0 Å². The first-order valence-electron chi connectivity index (χ1n) is 9.09. The van der Waals surface area contributed by atoms with Crippen LogP contribution < -0.4 is 5.32 Å². The molecular formula is C20H25FN2O3. The van der Waals surface area contributed by atoms with E-state index in [1.165, 1.54) is 6.07 Å². The molecule has 26 heavy (non-hydrogen) atoms. The molecule has 5 nitrogen and oxygen atoms in total. The van der Waals surface area contributed by atoms with Crippen molar-refractivity contribution in [3.05, 3.63) is 53.7 Å². The van der Waals surface area contributed by atoms with Crippen molar-refractivity contribution >= 4 is 11.6 Å². The Morgan fingerprint density at radius 3 is 2.85 bits per heavy atom. The number of hydrogen-bond donors (Lipinski definition) is 2. The Morgan fingerprint density at radius 1 is 1.27 bits per heavy atom. The van der Waals surface area contributed by atoms with Gasteiger partial charge in [-0.1, -0.05) is 12.1 Å². The van der Waals surface area contributed by atoms with Crippen LogP contribution in [0, 0.1) is 11.7 Å². The zero-order valence-electron chi connectivity index (χ0n) is 14.8. The largest absolute Gasteiger partial charge is 0.462 e. The lowest BCUT2D eigenvalue weighted by Crippen LogP contribution is -2.35. The Labute approximate surface area is 152 Å². The Balaban J connectivity index is 1.44. The summed E-state index contributed by atoms with van der Waals surface area (Å²) in [5.74, 6) is 1.32. The first-order valence-corrected chi connectivity index (χ1v) is 9.09. The molecular weight excluding hydrogens is 335 g/mol. The Morgan fingerprint density at radius 2 is 2.08 bits per heavy atom. The number of aliphatic hydroxyl groups is 1. The van der Waals surface area contributed by atoms with Crippen molar-refractivity contribution in [1.82, 2.24) is 4.90 Å². The number of aliphatic hydroxyl groups excluding tert-OH is 1. The van der Waals surface area contributed by atoms with E-state index >= 15 is 0 Å². The quantitative estimate of drug-likeness (QED) is 0.793. The fraction of sp³-hybridized carbons (Fsp3) is 0.450. The summed E-state index contributed by atoms with van der Waals surface area (Å²) >= 11 is 0. The van der Waals surface area contributed by atoms with E-state index in [0.717, 1.165) is 44.7 Å². The molecule has 1 fully saturated rings. The summed E-state index contributed by atoms with van der Waals surface area (Å²) in [5, 5.41) is 11.7. The minimum Gasteiger partial charge on any atom is -0.462 e. The number of nitrogens with zero attached hydrogens (tertiary/aromatic N) is 1. The van der Waals surface area contributed by atoms with Gasteiger partial charge in [-0.15, -0.1) is 0 Å². The summed E-state index contributed by atoms with van der Waals surface area (Å²) < 4.78 is 19.1. The van der Waals surface area contributed by atoms with E-state index in [1.54, 1.807) is 24.3 Å². The lowest BCUT2D eigenvalue weighted by Gasteiger charge is -2.32. The number of benzene rings is 1. The fourth-order valence-electron chi connectivity index (χ4n) is 3.45. The molecule has 2 N–H and O–H groups in total. The van der Waals surface area contributed by atoms with Crippen LogP contribution in [0.1, 0.15) is 37.2 Å². The first kappa shape index (κ1) is 18.6. The van der Waals surface area contributed by atoms with Crippen molar-refractivity contribution in [3.8, 4) is 0 Å². The number of nitrogens with one attached hydrogen (secondary N) is 1. The van der Waals surface area contributed by atoms with Crippen LogP contribution in [0.2, 0.25) is 0 Å². The number of rotatable bonds is 7. The molecule has 1 atom stereocenters.